The van der Waals surface area contributed by atoms with E-state index in [0.29, 0.717) is 0 Å². The highest BCUT2D eigenvalue weighted by atomic mass is 31.1. The average Bonchev–Trinajstić information content (AvgIpc) is 2.86. The normalized spacial score (nSPS) is 13.0. The summed E-state index contributed by atoms with van der Waals surface area (Å²) in [5.74, 6) is 1.98. The smallest absolute Gasteiger partial charge is 0.118 e. The Labute approximate surface area is 97.8 Å². The summed E-state index contributed by atoms with van der Waals surface area (Å²) in [6.45, 7) is 6.72. The highest BCUT2D eigenvalue weighted by Crippen LogP contribution is 2.48. The number of rotatable bonds is 3. The monoisotopic (exact) mass is 236 g/mol. The first-order chi connectivity index (χ1) is 7.56. The van der Waals surface area contributed by atoms with Gasteiger partial charge in [0.25, 0.3) is 0 Å². The average molecular weight is 236 g/mol. The van der Waals surface area contributed by atoms with Crippen molar-refractivity contribution in [2.24, 2.45) is 0 Å². The molecule has 2 nitrogen and oxygen atoms in total. The van der Waals surface area contributed by atoms with Gasteiger partial charge in [0.1, 0.15) is 11.5 Å². The van der Waals surface area contributed by atoms with E-state index in [4.69, 9.17) is 8.83 Å². The quantitative estimate of drug-likeness (QED) is 0.736. The summed E-state index contributed by atoms with van der Waals surface area (Å²) in [5, 5.41) is 0.268. The first-order valence-corrected chi connectivity index (χ1v) is 6.48. The molecule has 0 amide bonds. The summed E-state index contributed by atoms with van der Waals surface area (Å²) in [6, 6.07) is 7.90. The van der Waals surface area contributed by atoms with Crippen LogP contribution >= 0.6 is 8.58 Å². The maximum atomic E-state index is 5.51. The van der Waals surface area contributed by atoms with Gasteiger partial charge in [-0.2, -0.15) is 0 Å². The molecule has 2 aromatic heterocycles. The van der Waals surface area contributed by atoms with Gasteiger partial charge < -0.3 is 8.83 Å². The molecule has 0 aliphatic carbocycles. The zero-order valence-electron chi connectivity index (χ0n) is 9.86. The van der Waals surface area contributed by atoms with Gasteiger partial charge in [0, 0.05) is 0 Å². The molecule has 2 rings (SSSR count). The number of hydrogen-bond acceptors (Lipinski definition) is 2. The van der Waals surface area contributed by atoms with E-state index in [9.17, 15) is 0 Å². The predicted octanol–water partition coefficient (Wildman–Crippen LogP) is 4.44. The second kappa shape index (κ2) is 4.47. The van der Waals surface area contributed by atoms with Crippen LogP contribution in [0.1, 0.15) is 38.0 Å². The largest absolute Gasteiger partial charge is 0.468 e. The van der Waals surface area contributed by atoms with Gasteiger partial charge in [-0.1, -0.05) is 29.4 Å². The minimum atomic E-state index is 0.241. The highest BCUT2D eigenvalue weighted by molar-refractivity contribution is 7.40. The second-order valence-electron chi connectivity index (χ2n) is 4.86. The Balaban J connectivity index is 2.28. The zero-order chi connectivity index (χ0) is 11.6. The zero-order valence-corrected chi connectivity index (χ0v) is 10.9. The number of hydrogen-bond donors (Lipinski definition) is 0. The molecule has 2 aromatic rings. The second-order valence-corrected chi connectivity index (χ2v) is 7.22. The van der Waals surface area contributed by atoms with Crippen molar-refractivity contribution in [2.45, 2.75) is 31.6 Å². The molecule has 0 radical (unpaired) electrons. The topological polar surface area (TPSA) is 26.3 Å². The van der Waals surface area contributed by atoms with Gasteiger partial charge in [-0.05, 0) is 29.4 Å². The molecule has 0 spiro atoms. The minimum Gasteiger partial charge on any atom is -0.468 e. The lowest BCUT2D eigenvalue weighted by Gasteiger charge is -2.23. The van der Waals surface area contributed by atoms with E-state index in [-0.39, 0.29) is 10.8 Å². The third-order valence-electron chi connectivity index (χ3n) is 2.23. The maximum Gasteiger partial charge on any atom is 0.118 e. The molecule has 0 N–H and O–H groups in total. The van der Waals surface area contributed by atoms with Crippen LogP contribution in [-0.4, -0.2) is 5.16 Å². The summed E-state index contributed by atoms with van der Waals surface area (Å²) in [6.07, 6.45) is 3.44. The van der Waals surface area contributed by atoms with Gasteiger partial charge in [0.05, 0.1) is 18.2 Å². The Morgan fingerprint density at radius 3 is 1.81 bits per heavy atom. The van der Waals surface area contributed by atoms with Crippen LogP contribution in [0.25, 0.3) is 0 Å². The molecule has 86 valence electrons. The number of furan rings is 2. The van der Waals surface area contributed by atoms with E-state index >= 15 is 0 Å². The Morgan fingerprint density at radius 2 is 1.50 bits per heavy atom. The van der Waals surface area contributed by atoms with Crippen LogP contribution in [0.15, 0.2) is 45.6 Å². The van der Waals surface area contributed by atoms with Gasteiger partial charge in [-0.15, -0.1) is 0 Å². The Kier molecular flexibility index (Phi) is 3.20. The van der Waals surface area contributed by atoms with Crippen LogP contribution < -0.4 is 0 Å². The van der Waals surface area contributed by atoms with Crippen molar-refractivity contribution in [3.63, 3.8) is 0 Å². The van der Waals surface area contributed by atoms with Crippen LogP contribution in [0.4, 0.5) is 0 Å². The van der Waals surface area contributed by atoms with E-state index < -0.39 is 0 Å². The molecule has 0 aliphatic heterocycles. The molecule has 0 aliphatic rings. The van der Waals surface area contributed by atoms with Crippen molar-refractivity contribution < 1.29 is 8.83 Å². The molecule has 16 heavy (non-hydrogen) atoms. The summed E-state index contributed by atoms with van der Waals surface area (Å²) in [7, 11) is 0.734. The first-order valence-electron chi connectivity index (χ1n) is 5.41. The Bertz CT molecular complexity index is 375. The molecule has 0 saturated heterocycles. The fourth-order valence-electron chi connectivity index (χ4n) is 1.63. The van der Waals surface area contributed by atoms with Crippen molar-refractivity contribution in [2.75, 3.05) is 0 Å². The summed E-state index contributed by atoms with van der Waals surface area (Å²) in [4.78, 5) is 0. The maximum absolute atomic E-state index is 5.51. The van der Waals surface area contributed by atoms with Gasteiger partial charge in [-0.25, -0.2) is 0 Å². The van der Waals surface area contributed by atoms with Gasteiger partial charge in [0.15, 0.2) is 0 Å². The summed E-state index contributed by atoms with van der Waals surface area (Å²) in [5.41, 5.74) is 0.241. The van der Waals surface area contributed by atoms with Crippen LogP contribution in [0.5, 0.6) is 0 Å². The SMILES string of the molecule is CC(C)(C)PC(c1ccco1)c1ccco1. The fourth-order valence-corrected chi connectivity index (χ4v) is 3.11. The lowest BCUT2D eigenvalue weighted by atomic mass is 10.2. The lowest BCUT2D eigenvalue weighted by Crippen LogP contribution is -2.08. The summed E-state index contributed by atoms with van der Waals surface area (Å²) >= 11 is 0. The molecule has 0 fully saturated rings. The molecular formula is C13H17O2P. The highest BCUT2D eigenvalue weighted by Gasteiger charge is 2.25. The minimum absolute atomic E-state index is 0.241. The van der Waals surface area contributed by atoms with Crippen LogP contribution in [0, 0.1) is 0 Å². The van der Waals surface area contributed by atoms with E-state index in [1.807, 2.05) is 24.3 Å². The third kappa shape index (κ3) is 2.76. The van der Waals surface area contributed by atoms with Gasteiger partial charge in [0.2, 0.25) is 0 Å². The van der Waals surface area contributed by atoms with Crippen LogP contribution in [0.2, 0.25) is 0 Å². The lowest BCUT2D eigenvalue weighted by molar-refractivity contribution is 0.467. The molecular weight excluding hydrogens is 219 g/mol. The molecule has 2 heterocycles. The van der Waals surface area contributed by atoms with Crippen LogP contribution in [0.3, 0.4) is 0 Å². The Hall–Kier alpha value is -1.01. The molecule has 1 unspecified atom stereocenters. The van der Waals surface area contributed by atoms with Crippen molar-refractivity contribution in [3.8, 4) is 0 Å². The van der Waals surface area contributed by atoms with Crippen LogP contribution in [-0.2, 0) is 0 Å². The molecule has 3 heteroatoms. The molecule has 1 atom stereocenters. The van der Waals surface area contributed by atoms with Crippen molar-refractivity contribution in [3.05, 3.63) is 48.3 Å². The van der Waals surface area contributed by atoms with Crippen molar-refractivity contribution in [1.29, 1.82) is 0 Å². The van der Waals surface area contributed by atoms with Crippen molar-refractivity contribution in [1.82, 2.24) is 0 Å². The van der Waals surface area contributed by atoms with E-state index in [2.05, 4.69) is 20.8 Å². The standard InChI is InChI=1S/C13H17O2P/c1-13(2,3)16-12(10-6-4-8-14-10)11-7-5-9-15-11/h4-9,12,16H,1-3H3. The fraction of sp³-hybridized carbons (Fsp3) is 0.385. The van der Waals surface area contributed by atoms with Gasteiger partial charge >= 0.3 is 0 Å². The van der Waals surface area contributed by atoms with E-state index in [1.165, 1.54) is 0 Å². The molecule has 0 aromatic carbocycles. The van der Waals surface area contributed by atoms with E-state index in [1.54, 1.807) is 12.5 Å². The van der Waals surface area contributed by atoms with Gasteiger partial charge in [-0.3, -0.25) is 0 Å². The Morgan fingerprint density at radius 1 is 1.00 bits per heavy atom. The van der Waals surface area contributed by atoms with Crippen molar-refractivity contribution >= 4 is 8.58 Å². The van der Waals surface area contributed by atoms with E-state index in [0.717, 1.165) is 20.1 Å². The first kappa shape index (κ1) is 11.5. The molecule has 0 saturated carbocycles. The third-order valence-corrected chi connectivity index (χ3v) is 3.96. The summed E-state index contributed by atoms with van der Waals surface area (Å²) < 4.78 is 11.0. The molecule has 0 bridgehead atoms. The predicted molar refractivity (Wildman–Crippen MR) is 67.3 cm³/mol.